The number of rotatable bonds is 11. The molecular formula is C21H35NO3. The van der Waals surface area contributed by atoms with Gasteiger partial charge >= 0.3 is 5.97 Å². The second-order valence-electron chi connectivity index (χ2n) is 7.69. The third-order valence-corrected chi connectivity index (χ3v) is 5.73. The Hall–Kier alpha value is -1.16. The van der Waals surface area contributed by atoms with E-state index in [2.05, 4.69) is 4.90 Å². The zero-order valence-corrected chi connectivity index (χ0v) is 15.8. The van der Waals surface area contributed by atoms with Gasteiger partial charge in [0, 0.05) is 19.2 Å². The summed E-state index contributed by atoms with van der Waals surface area (Å²) in [4.78, 5) is 25.6. The fourth-order valence-electron chi connectivity index (χ4n) is 4.37. The Morgan fingerprint density at radius 1 is 1.08 bits per heavy atom. The van der Waals surface area contributed by atoms with E-state index in [1.165, 1.54) is 57.4 Å². The summed E-state index contributed by atoms with van der Waals surface area (Å²) in [5.74, 6) is 1.23. The first-order valence-corrected chi connectivity index (χ1v) is 10.3. The van der Waals surface area contributed by atoms with Gasteiger partial charge in [-0.05, 0) is 57.3 Å². The normalized spacial score (nSPS) is 20.6. The molecule has 4 heteroatoms. The van der Waals surface area contributed by atoms with Gasteiger partial charge in [-0.3, -0.25) is 4.90 Å². The van der Waals surface area contributed by atoms with E-state index in [9.17, 15) is 9.59 Å². The smallest absolute Gasteiger partial charge is 0.330 e. The first-order valence-electron chi connectivity index (χ1n) is 10.3. The highest BCUT2D eigenvalue weighted by molar-refractivity contribution is 5.81. The van der Waals surface area contributed by atoms with Gasteiger partial charge in [0.25, 0.3) is 0 Å². The first-order chi connectivity index (χ1) is 12.2. The molecular weight excluding hydrogens is 314 g/mol. The van der Waals surface area contributed by atoms with Crippen LogP contribution in [0.5, 0.6) is 0 Å². The lowest BCUT2D eigenvalue weighted by molar-refractivity contribution is -0.137. The van der Waals surface area contributed by atoms with Crippen molar-refractivity contribution in [1.82, 2.24) is 4.90 Å². The van der Waals surface area contributed by atoms with Crippen molar-refractivity contribution in [3.8, 4) is 0 Å². The van der Waals surface area contributed by atoms with Crippen molar-refractivity contribution in [3.05, 3.63) is 12.2 Å². The van der Waals surface area contributed by atoms with Crippen molar-refractivity contribution >= 4 is 12.3 Å². The minimum atomic E-state index is -0.293. The Bertz CT molecular complexity index is 405. The van der Waals surface area contributed by atoms with E-state index in [1.807, 2.05) is 6.08 Å². The molecule has 2 fully saturated rings. The van der Waals surface area contributed by atoms with E-state index in [4.69, 9.17) is 4.74 Å². The Morgan fingerprint density at radius 2 is 1.64 bits per heavy atom. The van der Waals surface area contributed by atoms with Crippen molar-refractivity contribution < 1.29 is 14.3 Å². The van der Waals surface area contributed by atoms with E-state index in [0.29, 0.717) is 6.61 Å². The average molecular weight is 350 g/mol. The number of allylic oxidation sites excluding steroid dienone is 1. The molecule has 0 heterocycles. The zero-order chi connectivity index (χ0) is 17.9. The molecule has 0 aromatic rings. The molecule has 2 rings (SSSR count). The quantitative estimate of drug-likeness (QED) is 0.319. The second-order valence-corrected chi connectivity index (χ2v) is 7.69. The average Bonchev–Trinajstić information content (AvgIpc) is 3.29. The van der Waals surface area contributed by atoms with Crippen molar-refractivity contribution in [2.45, 2.75) is 77.2 Å². The maximum Gasteiger partial charge on any atom is 0.330 e. The van der Waals surface area contributed by atoms with Crippen molar-refractivity contribution in [3.63, 3.8) is 0 Å². The van der Waals surface area contributed by atoms with Gasteiger partial charge in [-0.1, -0.05) is 31.8 Å². The molecule has 2 aliphatic carbocycles. The Labute approximate surface area is 153 Å². The molecule has 25 heavy (non-hydrogen) atoms. The van der Waals surface area contributed by atoms with E-state index in [-0.39, 0.29) is 12.0 Å². The van der Waals surface area contributed by atoms with Crippen LogP contribution >= 0.6 is 0 Å². The van der Waals surface area contributed by atoms with Crippen LogP contribution in [-0.2, 0) is 14.3 Å². The Kier molecular flexibility index (Phi) is 9.23. The number of carbonyl (C=O) groups excluding carboxylic acids is 2. The zero-order valence-electron chi connectivity index (χ0n) is 15.8. The standard InChI is InChI=1S/C21H35NO3/c1-2-25-21(24)14-8-7-13-20(17-23)22(15-18-9-3-4-10-18)16-19-11-5-6-12-19/h8,14,17-20H,2-7,9-13,15-16H2,1H3. The van der Waals surface area contributed by atoms with Gasteiger partial charge in [0.05, 0.1) is 12.6 Å². The summed E-state index contributed by atoms with van der Waals surface area (Å²) in [6.45, 7) is 4.35. The molecule has 0 bridgehead atoms. The Balaban J connectivity index is 1.86. The highest BCUT2D eigenvalue weighted by Crippen LogP contribution is 2.30. The van der Waals surface area contributed by atoms with Crippen LogP contribution in [0.3, 0.4) is 0 Å². The second kappa shape index (κ2) is 11.5. The summed E-state index contributed by atoms with van der Waals surface area (Å²) in [6.07, 6.45) is 16.6. The van der Waals surface area contributed by atoms with Crippen LogP contribution in [0.2, 0.25) is 0 Å². The summed E-state index contributed by atoms with van der Waals surface area (Å²) in [5.41, 5.74) is 0. The predicted octanol–water partition coefficient (Wildman–Crippen LogP) is 4.14. The summed E-state index contributed by atoms with van der Waals surface area (Å²) in [7, 11) is 0. The number of hydrogen-bond donors (Lipinski definition) is 0. The van der Waals surface area contributed by atoms with Gasteiger partial charge in [-0.2, -0.15) is 0 Å². The highest BCUT2D eigenvalue weighted by atomic mass is 16.5. The lowest BCUT2D eigenvalue weighted by Crippen LogP contribution is -2.42. The predicted molar refractivity (Wildman–Crippen MR) is 100 cm³/mol. The van der Waals surface area contributed by atoms with Crippen LogP contribution in [0.1, 0.15) is 71.1 Å². The molecule has 0 spiro atoms. The first kappa shape index (κ1) is 20.2. The molecule has 2 saturated carbocycles. The molecule has 0 aliphatic heterocycles. The van der Waals surface area contributed by atoms with E-state index < -0.39 is 0 Å². The molecule has 0 radical (unpaired) electrons. The van der Waals surface area contributed by atoms with Gasteiger partial charge in [-0.15, -0.1) is 0 Å². The fraction of sp³-hybridized carbons (Fsp3) is 0.810. The number of esters is 1. The number of ether oxygens (including phenoxy) is 1. The lowest BCUT2D eigenvalue weighted by atomic mass is 10.0. The van der Waals surface area contributed by atoms with Gasteiger partial charge in [0.2, 0.25) is 0 Å². The molecule has 4 nitrogen and oxygen atoms in total. The van der Waals surface area contributed by atoms with Gasteiger partial charge in [0.15, 0.2) is 0 Å². The topological polar surface area (TPSA) is 46.6 Å². The van der Waals surface area contributed by atoms with Crippen LogP contribution in [0.4, 0.5) is 0 Å². The molecule has 1 atom stereocenters. The largest absolute Gasteiger partial charge is 0.463 e. The SMILES string of the molecule is CCOC(=O)C=CCCC(C=O)N(CC1CCCC1)CC1CCCC1. The number of aldehydes is 1. The maximum absolute atomic E-state index is 11.8. The summed E-state index contributed by atoms with van der Waals surface area (Å²) in [6, 6.07) is -0.0203. The van der Waals surface area contributed by atoms with Crippen LogP contribution in [0.15, 0.2) is 12.2 Å². The summed E-state index contributed by atoms with van der Waals surface area (Å²) in [5, 5.41) is 0. The van der Waals surface area contributed by atoms with E-state index >= 15 is 0 Å². The highest BCUT2D eigenvalue weighted by Gasteiger charge is 2.27. The van der Waals surface area contributed by atoms with Gasteiger partial charge in [-0.25, -0.2) is 4.79 Å². The lowest BCUT2D eigenvalue weighted by Gasteiger charge is -2.32. The van der Waals surface area contributed by atoms with Crippen LogP contribution in [0, 0.1) is 11.8 Å². The van der Waals surface area contributed by atoms with E-state index in [0.717, 1.165) is 44.1 Å². The molecule has 0 aromatic heterocycles. The van der Waals surface area contributed by atoms with Gasteiger partial charge < -0.3 is 9.53 Å². The van der Waals surface area contributed by atoms with Crippen molar-refractivity contribution in [1.29, 1.82) is 0 Å². The number of carbonyl (C=O) groups is 2. The fourth-order valence-corrected chi connectivity index (χ4v) is 4.37. The number of nitrogens with zero attached hydrogens (tertiary/aromatic N) is 1. The van der Waals surface area contributed by atoms with E-state index in [1.54, 1.807) is 6.92 Å². The maximum atomic E-state index is 11.8. The van der Waals surface area contributed by atoms with Crippen LogP contribution in [-0.4, -0.2) is 42.9 Å². The third kappa shape index (κ3) is 7.31. The third-order valence-electron chi connectivity index (χ3n) is 5.73. The summed E-state index contributed by atoms with van der Waals surface area (Å²) >= 11 is 0. The molecule has 142 valence electrons. The van der Waals surface area contributed by atoms with Crippen LogP contribution < -0.4 is 0 Å². The van der Waals surface area contributed by atoms with Crippen molar-refractivity contribution in [2.24, 2.45) is 11.8 Å². The monoisotopic (exact) mass is 349 g/mol. The molecule has 2 aliphatic rings. The minimum absolute atomic E-state index is 0.0203. The minimum Gasteiger partial charge on any atom is -0.463 e. The van der Waals surface area contributed by atoms with Crippen molar-refractivity contribution in [2.75, 3.05) is 19.7 Å². The molecule has 1 unspecified atom stereocenters. The van der Waals surface area contributed by atoms with Crippen LogP contribution in [0.25, 0.3) is 0 Å². The molecule has 0 aromatic carbocycles. The summed E-state index contributed by atoms with van der Waals surface area (Å²) < 4.78 is 4.89. The molecule has 0 N–H and O–H groups in total. The Morgan fingerprint density at radius 3 is 2.12 bits per heavy atom. The van der Waals surface area contributed by atoms with Gasteiger partial charge in [0.1, 0.15) is 6.29 Å². The number of hydrogen-bond acceptors (Lipinski definition) is 4. The molecule has 0 amide bonds. The molecule has 0 saturated heterocycles.